The second-order valence-corrected chi connectivity index (χ2v) is 3.18. The summed E-state index contributed by atoms with van der Waals surface area (Å²) in [6, 6.07) is 7.93. The Kier molecular flexibility index (Phi) is 5.24. The van der Waals surface area contributed by atoms with Gasteiger partial charge in [0.1, 0.15) is 0 Å². The van der Waals surface area contributed by atoms with Crippen LogP contribution in [-0.4, -0.2) is 6.54 Å². The van der Waals surface area contributed by atoms with Crippen molar-refractivity contribution in [2.75, 3.05) is 6.54 Å². The summed E-state index contributed by atoms with van der Waals surface area (Å²) < 4.78 is 0. The van der Waals surface area contributed by atoms with Crippen LogP contribution in [0.4, 0.5) is 0 Å². The highest BCUT2D eigenvalue weighted by Crippen LogP contribution is 2.06. The summed E-state index contributed by atoms with van der Waals surface area (Å²) >= 11 is 4.19. The summed E-state index contributed by atoms with van der Waals surface area (Å²) in [6.07, 6.45) is 0.592. The summed E-state index contributed by atoms with van der Waals surface area (Å²) in [5, 5.41) is 3.40. The van der Waals surface area contributed by atoms with Gasteiger partial charge in [-0.1, -0.05) is 29.1 Å². The Morgan fingerprint density at radius 2 is 2.33 bits per heavy atom. The number of rotatable bonds is 3. The molecule has 0 bridgehead atoms. The molecule has 0 fully saturated rings. The average Bonchev–Trinajstić information content (AvgIpc) is 2.29. The van der Waals surface area contributed by atoms with Crippen LogP contribution in [0.25, 0.3) is 10.4 Å². The summed E-state index contributed by atoms with van der Waals surface area (Å²) in [5.74, 6) is 6.68. The monoisotopic (exact) mass is 217 g/mol. The number of hydrogen-bond donors (Lipinski definition) is 1. The molecular weight excluding hydrogens is 206 g/mol. The minimum Gasteiger partial charge on any atom is -0.175 e. The van der Waals surface area contributed by atoms with E-state index in [0.717, 1.165) is 11.1 Å². The van der Waals surface area contributed by atoms with Crippen LogP contribution in [0.3, 0.4) is 0 Å². The quantitative estimate of drug-likeness (QED) is 0.202. The molecule has 4 heteroatoms. The predicted molar refractivity (Wildman–Crippen MR) is 64.6 cm³/mol. The molecule has 0 aliphatic heterocycles. The van der Waals surface area contributed by atoms with Gasteiger partial charge in [-0.05, 0) is 23.2 Å². The Morgan fingerprint density at radius 1 is 1.47 bits per heavy atom. The van der Waals surface area contributed by atoms with Gasteiger partial charge in [0.25, 0.3) is 0 Å². The van der Waals surface area contributed by atoms with E-state index in [1.54, 1.807) is 0 Å². The van der Waals surface area contributed by atoms with Crippen LogP contribution < -0.4 is 0 Å². The molecule has 0 atom stereocenters. The van der Waals surface area contributed by atoms with Gasteiger partial charge < -0.3 is 0 Å². The Labute approximate surface area is 94.5 Å². The first-order chi connectivity index (χ1) is 7.36. The lowest BCUT2D eigenvalue weighted by molar-refractivity contribution is 1.01. The molecule has 0 aromatic heterocycles. The number of nitrogens with zero attached hydrogens (tertiary/aromatic N) is 3. The molecule has 0 spiro atoms. The van der Waals surface area contributed by atoms with Gasteiger partial charge in [-0.25, -0.2) is 0 Å². The van der Waals surface area contributed by atoms with Crippen molar-refractivity contribution in [3.05, 3.63) is 45.8 Å². The van der Waals surface area contributed by atoms with Crippen molar-refractivity contribution in [1.29, 1.82) is 0 Å². The van der Waals surface area contributed by atoms with Gasteiger partial charge in [0.2, 0.25) is 0 Å². The van der Waals surface area contributed by atoms with Crippen molar-refractivity contribution in [2.45, 2.75) is 12.2 Å². The van der Waals surface area contributed by atoms with Gasteiger partial charge in [0.05, 0.1) is 0 Å². The minimum absolute atomic E-state index is 0.426. The first-order valence-corrected chi connectivity index (χ1v) is 5.19. The molecule has 0 amide bonds. The standard InChI is InChI=1S/C11H11N3S/c12-14-13-7-2-1-4-10-5-3-6-11(8-10)9-15/h3,5-6,8,15H,2,7,9H2. The van der Waals surface area contributed by atoms with Crippen LogP contribution in [0, 0.1) is 11.8 Å². The zero-order valence-electron chi connectivity index (χ0n) is 8.22. The average molecular weight is 217 g/mol. The number of azide groups is 1. The maximum absolute atomic E-state index is 8.05. The maximum Gasteiger partial charge on any atom is 0.0367 e. The molecule has 1 aromatic rings. The third kappa shape index (κ3) is 4.46. The summed E-state index contributed by atoms with van der Waals surface area (Å²) in [6.45, 7) is 0.426. The van der Waals surface area contributed by atoms with Crippen molar-refractivity contribution < 1.29 is 0 Å². The highest BCUT2D eigenvalue weighted by molar-refractivity contribution is 7.79. The van der Waals surface area contributed by atoms with Gasteiger partial charge in [-0.2, -0.15) is 12.6 Å². The van der Waals surface area contributed by atoms with Gasteiger partial charge in [0.15, 0.2) is 0 Å². The molecule has 0 N–H and O–H groups in total. The van der Waals surface area contributed by atoms with E-state index in [4.69, 9.17) is 5.53 Å². The zero-order valence-corrected chi connectivity index (χ0v) is 9.11. The first-order valence-electron chi connectivity index (χ1n) is 4.56. The number of hydrogen-bond acceptors (Lipinski definition) is 2. The van der Waals surface area contributed by atoms with Crippen LogP contribution in [0.5, 0.6) is 0 Å². The largest absolute Gasteiger partial charge is 0.175 e. The number of benzene rings is 1. The van der Waals surface area contributed by atoms with Crippen LogP contribution in [0.15, 0.2) is 29.4 Å². The molecule has 0 aliphatic carbocycles. The topological polar surface area (TPSA) is 48.8 Å². The molecular formula is C11H11N3S. The molecule has 0 radical (unpaired) electrons. The SMILES string of the molecule is [N-]=[N+]=NCCC#Cc1cccc(CS)c1. The second-order valence-electron chi connectivity index (χ2n) is 2.86. The fourth-order valence-electron chi connectivity index (χ4n) is 1.06. The summed E-state index contributed by atoms with van der Waals surface area (Å²) in [5.41, 5.74) is 10.2. The van der Waals surface area contributed by atoms with Crippen LogP contribution >= 0.6 is 12.6 Å². The van der Waals surface area contributed by atoms with E-state index in [2.05, 4.69) is 34.5 Å². The van der Waals surface area contributed by atoms with E-state index in [1.807, 2.05) is 24.3 Å². The normalized spacial score (nSPS) is 8.60. The summed E-state index contributed by atoms with van der Waals surface area (Å²) in [4.78, 5) is 2.65. The highest BCUT2D eigenvalue weighted by Gasteiger charge is 1.89. The van der Waals surface area contributed by atoms with E-state index in [1.165, 1.54) is 0 Å². The lowest BCUT2D eigenvalue weighted by Gasteiger charge is -1.95. The molecule has 0 saturated carbocycles. The van der Waals surface area contributed by atoms with Crippen LogP contribution in [-0.2, 0) is 5.75 Å². The highest BCUT2D eigenvalue weighted by atomic mass is 32.1. The van der Waals surface area contributed by atoms with E-state index in [0.29, 0.717) is 18.7 Å². The van der Waals surface area contributed by atoms with Crippen molar-refractivity contribution in [3.8, 4) is 11.8 Å². The molecule has 0 heterocycles. The lowest BCUT2D eigenvalue weighted by Crippen LogP contribution is -1.80. The lowest BCUT2D eigenvalue weighted by atomic mass is 10.1. The minimum atomic E-state index is 0.426. The summed E-state index contributed by atoms with van der Waals surface area (Å²) in [7, 11) is 0. The fraction of sp³-hybridized carbons (Fsp3) is 0.273. The third-order valence-electron chi connectivity index (χ3n) is 1.74. The van der Waals surface area contributed by atoms with Gasteiger partial charge >= 0.3 is 0 Å². The fourth-order valence-corrected chi connectivity index (χ4v) is 1.26. The van der Waals surface area contributed by atoms with Crippen molar-refractivity contribution in [1.82, 2.24) is 0 Å². The van der Waals surface area contributed by atoms with E-state index in [9.17, 15) is 0 Å². The van der Waals surface area contributed by atoms with Crippen molar-refractivity contribution in [3.63, 3.8) is 0 Å². The molecule has 1 rings (SSSR count). The molecule has 0 aliphatic rings. The molecule has 15 heavy (non-hydrogen) atoms. The molecule has 1 aromatic carbocycles. The van der Waals surface area contributed by atoms with Crippen molar-refractivity contribution >= 4 is 12.6 Å². The predicted octanol–water partition coefficient (Wildman–Crippen LogP) is 3.17. The van der Waals surface area contributed by atoms with Gasteiger partial charge in [0, 0.05) is 29.2 Å². The van der Waals surface area contributed by atoms with E-state index >= 15 is 0 Å². The molecule has 3 nitrogen and oxygen atoms in total. The Bertz CT molecular complexity index is 425. The van der Waals surface area contributed by atoms with E-state index < -0.39 is 0 Å². The molecule has 0 saturated heterocycles. The van der Waals surface area contributed by atoms with Gasteiger partial charge in [-0.15, -0.1) is 0 Å². The smallest absolute Gasteiger partial charge is 0.0367 e. The Hall–Kier alpha value is -1.56. The van der Waals surface area contributed by atoms with Crippen LogP contribution in [0.1, 0.15) is 17.5 Å². The second kappa shape index (κ2) is 6.83. The number of thiol groups is 1. The zero-order chi connectivity index (χ0) is 10.9. The Balaban J connectivity index is 2.58. The maximum atomic E-state index is 8.05. The molecule has 0 unspecified atom stereocenters. The van der Waals surface area contributed by atoms with Crippen molar-refractivity contribution in [2.24, 2.45) is 5.11 Å². The van der Waals surface area contributed by atoms with Gasteiger partial charge in [-0.3, -0.25) is 0 Å². The molecule has 76 valence electrons. The Morgan fingerprint density at radius 3 is 3.07 bits per heavy atom. The third-order valence-corrected chi connectivity index (χ3v) is 2.11. The van der Waals surface area contributed by atoms with E-state index in [-0.39, 0.29) is 0 Å². The van der Waals surface area contributed by atoms with Crippen LogP contribution in [0.2, 0.25) is 0 Å². The first kappa shape index (κ1) is 11.5.